The van der Waals surface area contributed by atoms with Crippen molar-refractivity contribution in [2.45, 2.75) is 32.1 Å². The predicted octanol–water partition coefficient (Wildman–Crippen LogP) is 2.84. The monoisotopic (exact) mass is 522 g/mol. The van der Waals surface area contributed by atoms with Gasteiger partial charge in [-0.05, 0) is 55.2 Å². The summed E-state index contributed by atoms with van der Waals surface area (Å²) >= 11 is 0. The molecule has 0 N–H and O–H groups in total. The summed E-state index contributed by atoms with van der Waals surface area (Å²) in [6.45, 7) is 0. The molecule has 1 fully saturated rings. The van der Waals surface area contributed by atoms with E-state index in [1.807, 2.05) is 42.5 Å². The van der Waals surface area contributed by atoms with Crippen LogP contribution < -0.4 is 39.9 Å². The first-order valence-electron chi connectivity index (χ1n) is 10.2. The van der Waals surface area contributed by atoms with Crippen LogP contribution in [-0.2, 0) is 0 Å². The molecule has 1 aliphatic carbocycles. The minimum Gasteiger partial charge on any atom is -1.00 e. The molecule has 0 atom stereocenters. The highest BCUT2D eigenvalue weighted by molar-refractivity contribution is 7.95. The van der Waals surface area contributed by atoms with Gasteiger partial charge in [-0.3, -0.25) is 0 Å². The molecule has 4 rings (SSSR count). The number of hydrogen-bond donors (Lipinski definition) is 0. The van der Waals surface area contributed by atoms with Gasteiger partial charge >= 0.3 is 0 Å². The summed E-state index contributed by atoms with van der Waals surface area (Å²) in [5, 5.41) is 2.82. The van der Waals surface area contributed by atoms with E-state index in [1.54, 1.807) is 6.07 Å². The zero-order valence-electron chi connectivity index (χ0n) is 16.4. The van der Waals surface area contributed by atoms with Gasteiger partial charge in [-0.15, -0.1) is 0 Å². The van der Waals surface area contributed by atoms with E-state index in [-0.39, 0.29) is 24.0 Å². The highest BCUT2D eigenvalue weighted by Gasteiger charge is 2.49. The molecule has 3 aromatic rings. The Morgan fingerprint density at radius 2 is 1.24 bits per heavy atom. The second-order valence-corrected chi connectivity index (χ2v) is 11.2. The topological polar surface area (TPSA) is 0 Å². The third-order valence-electron chi connectivity index (χ3n) is 5.99. The molecule has 0 bridgehead atoms. The summed E-state index contributed by atoms with van der Waals surface area (Å²) in [5.74, 6) is -0.887. The van der Waals surface area contributed by atoms with Gasteiger partial charge in [0.15, 0.2) is 5.82 Å². The van der Waals surface area contributed by atoms with Crippen LogP contribution in [0.4, 0.5) is 8.78 Å². The molecule has 0 spiro atoms. The van der Waals surface area contributed by atoms with Gasteiger partial charge in [0.2, 0.25) is 5.82 Å². The van der Waals surface area contributed by atoms with Crippen molar-refractivity contribution in [3.05, 3.63) is 90.5 Å². The Balaban J connectivity index is 0.00000240. The van der Waals surface area contributed by atoms with Gasteiger partial charge in [0.05, 0.1) is 6.16 Å². The Hall–Kier alpha value is -1.32. The average molecular weight is 522 g/mol. The van der Waals surface area contributed by atoms with Crippen LogP contribution in [0, 0.1) is 17.6 Å². The Morgan fingerprint density at radius 1 is 0.690 bits per heavy atom. The molecule has 152 valence electrons. The van der Waals surface area contributed by atoms with Gasteiger partial charge in [0.25, 0.3) is 0 Å². The quantitative estimate of drug-likeness (QED) is 0.358. The molecule has 1 aliphatic rings. The van der Waals surface area contributed by atoms with Crippen molar-refractivity contribution < 1.29 is 32.8 Å². The number of rotatable bonds is 5. The molecular formula is C25H26F2IP. The summed E-state index contributed by atoms with van der Waals surface area (Å²) < 4.78 is 29.6. The lowest BCUT2D eigenvalue weighted by Crippen LogP contribution is -3.00. The molecule has 4 heteroatoms. The van der Waals surface area contributed by atoms with E-state index in [0.717, 1.165) is 16.8 Å². The first-order chi connectivity index (χ1) is 13.7. The number of benzene rings is 3. The van der Waals surface area contributed by atoms with Crippen LogP contribution in [-0.4, -0.2) is 6.16 Å². The maximum Gasteiger partial charge on any atom is 0.201 e. The molecule has 0 aliphatic heterocycles. The lowest BCUT2D eigenvalue weighted by atomic mass is 9.91. The average Bonchev–Trinajstić information content (AvgIpc) is 2.76. The van der Waals surface area contributed by atoms with Crippen LogP contribution in [0.25, 0.3) is 0 Å². The Kier molecular flexibility index (Phi) is 7.81. The van der Waals surface area contributed by atoms with Crippen molar-refractivity contribution in [3.63, 3.8) is 0 Å². The van der Waals surface area contributed by atoms with Crippen molar-refractivity contribution >= 4 is 23.2 Å². The standard InChI is InChI=1S/C25H26F2P.HI/c26-23-17-10-18-24(25(23)27)28(21-13-6-2-7-14-21,22-15-8-3-9-16-22)19-20-11-4-1-5-12-20;/h2-3,6-10,13-18,20H,1,4-5,11-12,19H2;1H/q+1;/p-1. The minimum absolute atomic E-state index is 0. The van der Waals surface area contributed by atoms with E-state index in [4.69, 9.17) is 0 Å². The van der Waals surface area contributed by atoms with E-state index in [2.05, 4.69) is 24.3 Å². The maximum absolute atomic E-state index is 15.3. The second kappa shape index (κ2) is 10.1. The van der Waals surface area contributed by atoms with Crippen LogP contribution in [0.2, 0.25) is 0 Å². The molecule has 0 radical (unpaired) electrons. The van der Waals surface area contributed by atoms with E-state index in [1.165, 1.54) is 38.2 Å². The number of hydrogen-bond acceptors (Lipinski definition) is 0. The summed E-state index contributed by atoms with van der Waals surface area (Å²) in [6, 6.07) is 25.2. The van der Waals surface area contributed by atoms with E-state index >= 15 is 4.39 Å². The molecule has 0 amide bonds. The second-order valence-electron chi connectivity index (χ2n) is 7.74. The van der Waals surface area contributed by atoms with Gasteiger partial charge < -0.3 is 24.0 Å². The van der Waals surface area contributed by atoms with Gasteiger partial charge in [0, 0.05) is 0 Å². The number of halogens is 3. The normalized spacial score (nSPS) is 15.0. The smallest absolute Gasteiger partial charge is 0.201 e. The van der Waals surface area contributed by atoms with Crippen LogP contribution in [0.5, 0.6) is 0 Å². The molecule has 1 saturated carbocycles. The van der Waals surface area contributed by atoms with Crippen LogP contribution in [0.3, 0.4) is 0 Å². The van der Waals surface area contributed by atoms with Crippen molar-refractivity contribution in [2.75, 3.05) is 6.16 Å². The van der Waals surface area contributed by atoms with Gasteiger partial charge in [-0.1, -0.05) is 61.7 Å². The van der Waals surface area contributed by atoms with E-state index in [0.29, 0.717) is 11.2 Å². The molecule has 3 aromatic carbocycles. The maximum atomic E-state index is 15.3. The molecule has 0 nitrogen and oxygen atoms in total. The van der Waals surface area contributed by atoms with Crippen LogP contribution in [0.15, 0.2) is 78.9 Å². The van der Waals surface area contributed by atoms with E-state index in [9.17, 15) is 4.39 Å². The lowest BCUT2D eigenvalue weighted by molar-refractivity contribution is -0.00000661. The highest BCUT2D eigenvalue weighted by Crippen LogP contribution is 2.58. The SMILES string of the molecule is Fc1cccc([P+](CC2CCCCC2)(c2ccccc2)c2ccccc2)c1F.[I-]. The third-order valence-corrected chi connectivity index (χ3v) is 10.6. The fourth-order valence-electron chi connectivity index (χ4n) is 4.65. The molecule has 0 aromatic heterocycles. The fraction of sp³-hybridized carbons (Fsp3) is 0.280. The summed E-state index contributed by atoms with van der Waals surface area (Å²) in [5.41, 5.74) is 0. The molecular weight excluding hydrogens is 496 g/mol. The Bertz CT molecular complexity index is 869. The third kappa shape index (κ3) is 4.56. The molecule has 0 heterocycles. The summed E-state index contributed by atoms with van der Waals surface area (Å²) in [4.78, 5) is 0. The summed E-state index contributed by atoms with van der Waals surface area (Å²) in [7, 11) is -2.30. The predicted molar refractivity (Wildman–Crippen MR) is 117 cm³/mol. The molecule has 0 saturated heterocycles. The Labute approximate surface area is 190 Å². The molecule has 0 unspecified atom stereocenters. The summed E-state index contributed by atoms with van der Waals surface area (Å²) in [6.07, 6.45) is 7.02. The van der Waals surface area contributed by atoms with Crippen LogP contribution >= 0.6 is 7.26 Å². The first kappa shape index (κ1) is 22.4. The largest absolute Gasteiger partial charge is 1.00 e. The van der Waals surface area contributed by atoms with Crippen molar-refractivity contribution in [3.8, 4) is 0 Å². The van der Waals surface area contributed by atoms with Gasteiger partial charge in [-0.2, -0.15) is 4.39 Å². The van der Waals surface area contributed by atoms with Crippen molar-refractivity contribution in [1.29, 1.82) is 0 Å². The first-order valence-corrected chi connectivity index (χ1v) is 12.1. The van der Waals surface area contributed by atoms with Gasteiger partial charge in [0.1, 0.15) is 23.2 Å². The van der Waals surface area contributed by atoms with E-state index < -0.39 is 18.9 Å². The Morgan fingerprint density at radius 3 is 1.79 bits per heavy atom. The minimum atomic E-state index is -2.30. The zero-order valence-corrected chi connectivity index (χ0v) is 19.5. The lowest BCUT2D eigenvalue weighted by Gasteiger charge is -2.32. The fourth-order valence-corrected chi connectivity index (χ4v) is 9.40. The van der Waals surface area contributed by atoms with Crippen LogP contribution in [0.1, 0.15) is 32.1 Å². The van der Waals surface area contributed by atoms with Crippen molar-refractivity contribution in [2.24, 2.45) is 5.92 Å². The van der Waals surface area contributed by atoms with Gasteiger partial charge in [-0.25, -0.2) is 4.39 Å². The zero-order chi connectivity index (χ0) is 19.4. The molecule has 29 heavy (non-hydrogen) atoms. The van der Waals surface area contributed by atoms with Crippen molar-refractivity contribution in [1.82, 2.24) is 0 Å². The highest BCUT2D eigenvalue weighted by atomic mass is 127.